The summed E-state index contributed by atoms with van der Waals surface area (Å²) in [7, 11) is 3.53. The largest absolute Gasteiger partial charge is 0.384 e. The van der Waals surface area contributed by atoms with E-state index in [2.05, 4.69) is 27.7 Å². The fraction of sp³-hybridized carbons (Fsp3) is 1.00. The molecule has 0 aromatic heterocycles. The molecule has 0 aliphatic rings. The van der Waals surface area contributed by atoms with Gasteiger partial charge in [-0.15, -0.1) is 0 Å². The molecule has 0 spiro atoms. The van der Waals surface area contributed by atoms with E-state index in [1.807, 2.05) is 0 Å². The Morgan fingerprint density at radius 3 is 1.71 bits per heavy atom. The summed E-state index contributed by atoms with van der Waals surface area (Å²) in [6.45, 7) is 10.7. The molecule has 2 nitrogen and oxygen atoms in total. The highest BCUT2D eigenvalue weighted by Crippen LogP contribution is 2.39. The van der Waals surface area contributed by atoms with Crippen LogP contribution in [0.5, 0.6) is 0 Å². The smallest absolute Gasteiger partial charge is 0.0517 e. The fourth-order valence-corrected chi connectivity index (χ4v) is 2.00. The van der Waals surface area contributed by atoms with Crippen LogP contribution in [0.15, 0.2) is 0 Å². The Morgan fingerprint density at radius 2 is 1.50 bits per heavy atom. The first kappa shape index (κ1) is 13.9. The third kappa shape index (κ3) is 3.25. The molecule has 0 bridgehead atoms. The third-order valence-electron chi connectivity index (χ3n) is 3.75. The van der Waals surface area contributed by atoms with Gasteiger partial charge < -0.3 is 9.47 Å². The second-order valence-corrected chi connectivity index (χ2v) is 4.62. The van der Waals surface area contributed by atoms with Crippen molar-refractivity contribution >= 4 is 0 Å². The van der Waals surface area contributed by atoms with Crippen molar-refractivity contribution in [3.05, 3.63) is 0 Å². The zero-order valence-electron chi connectivity index (χ0n) is 10.6. The standard InChI is InChI=1S/C12H26O2/c1-7-12(4,10(2)3)11(8-13-5)9-14-6/h10-11H,7-9H2,1-6H3. The van der Waals surface area contributed by atoms with Gasteiger partial charge in [0.1, 0.15) is 0 Å². The number of hydrogen-bond donors (Lipinski definition) is 0. The van der Waals surface area contributed by atoms with E-state index in [0.717, 1.165) is 13.2 Å². The van der Waals surface area contributed by atoms with E-state index in [0.29, 0.717) is 17.3 Å². The van der Waals surface area contributed by atoms with E-state index in [9.17, 15) is 0 Å². The SMILES string of the molecule is CCC(C)(C(C)C)C(COC)COC. The first-order valence-corrected chi connectivity index (χ1v) is 5.50. The lowest BCUT2D eigenvalue weighted by Gasteiger charge is -2.40. The van der Waals surface area contributed by atoms with Crippen LogP contribution in [0.2, 0.25) is 0 Å². The average molecular weight is 202 g/mol. The van der Waals surface area contributed by atoms with Crippen LogP contribution in [-0.2, 0) is 9.47 Å². The van der Waals surface area contributed by atoms with Gasteiger partial charge in [-0.05, 0) is 11.3 Å². The third-order valence-corrected chi connectivity index (χ3v) is 3.75. The molecule has 1 unspecified atom stereocenters. The van der Waals surface area contributed by atoms with E-state index in [-0.39, 0.29) is 0 Å². The second kappa shape index (κ2) is 6.41. The van der Waals surface area contributed by atoms with Crippen molar-refractivity contribution < 1.29 is 9.47 Å². The second-order valence-electron chi connectivity index (χ2n) is 4.62. The Kier molecular flexibility index (Phi) is 6.38. The molecule has 0 aromatic carbocycles. The molecule has 0 aromatic rings. The molecular weight excluding hydrogens is 176 g/mol. The molecule has 0 fully saturated rings. The van der Waals surface area contributed by atoms with Crippen LogP contribution in [0, 0.1) is 17.3 Å². The minimum atomic E-state index is 0.312. The number of methoxy groups -OCH3 is 2. The predicted molar refractivity (Wildman–Crippen MR) is 60.5 cm³/mol. The van der Waals surface area contributed by atoms with Crippen LogP contribution in [-0.4, -0.2) is 27.4 Å². The van der Waals surface area contributed by atoms with Gasteiger partial charge in [-0.25, -0.2) is 0 Å². The van der Waals surface area contributed by atoms with Gasteiger partial charge in [0.15, 0.2) is 0 Å². The van der Waals surface area contributed by atoms with Crippen molar-refractivity contribution in [3.63, 3.8) is 0 Å². The van der Waals surface area contributed by atoms with Crippen LogP contribution >= 0.6 is 0 Å². The van der Waals surface area contributed by atoms with E-state index >= 15 is 0 Å². The van der Waals surface area contributed by atoms with Gasteiger partial charge in [-0.3, -0.25) is 0 Å². The first-order valence-electron chi connectivity index (χ1n) is 5.50. The maximum absolute atomic E-state index is 5.27. The molecule has 0 heterocycles. The summed E-state index contributed by atoms with van der Waals surface area (Å²) >= 11 is 0. The zero-order chi connectivity index (χ0) is 11.2. The van der Waals surface area contributed by atoms with Gasteiger partial charge >= 0.3 is 0 Å². The minimum Gasteiger partial charge on any atom is -0.384 e. The quantitative estimate of drug-likeness (QED) is 0.632. The Bertz CT molecular complexity index is 139. The summed E-state index contributed by atoms with van der Waals surface area (Å²) in [5.74, 6) is 1.14. The molecule has 0 aliphatic carbocycles. The summed E-state index contributed by atoms with van der Waals surface area (Å²) in [6, 6.07) is 0. The van der Waals surface area contributed by atoms with Crippen molar-refractivity contribution in [2.24, 2.45) is 17.3 Å². The summed E-state index contributed by atoms with van der Waals surface area (Å²) in [6.07, 6.45) is 1.17. The molecular formula is C12H26O2. The molecule has 0 radical (unpaired) electrons. The minimum absolute atomic E-state index is 0.312. The topological polar surface area (TPSA) is 18.5 Å². The molecule has 0 rings (SSSR count). The lowest BCUT2D eigenvalue weighted by atomic mass is 9.68. The van der Waals surface area contributed by atoms with Gasteiger partial charge in [0.05, 0.1) is 13.2 Å². The maximum Gasteiger partial charge on any atom is 0.0517 e. The summed E-state index contributed by atoms with van der Waals surface area (Å²) < 4.78 is 10.5. The fourth-order valence-electron chi connectivity index (χ4n) is 2.00. The number of ether oxygens (including phenoxy) is 2. The molecule has 14 heavy (non-hydrogen) atoms. The highest BCUT2D eigenvalue weighted by Gasteiger charge is 2.35. The van der Waals surface area contributed by atoms with Crippen molar-refractivity contribution in [2.45, 2.75) is 34.1 Å². The van der Waals surface area contributed by atoms with Crippen molar-refractivity contribution in [1.29, 1.82) is 0 Å². The maximum atomic E-state index is 5.27. The monoisotopic (exact) mass is 202 g/mol. The first-order chi connectivity index (χ1) is 6.52. The summed E-state index contributed by atoms with van der Waals surface area (Å²) in [5, 5.41) is 0. The molecule has 2 heteroatoms. The molecule has 0 amide bonds. The number of hydrogen-bond acceptors (Lipinski definition) is 2. The highest BCUT2D eigenvalue weighted by molar-refractivity contribution is 4.84. The molecule has 1 atom stereocenters. The predicted octanol–water partition coefficient (Wildman–Crippen LogP) is 2.97. The van der Waals surface area contributed by atoms with Crippen LogP contribution in [0.25, 0.3) is 0 Å². The van der Waals surface area contributed by atoms with E-state index in [1.165, 1.54) is 6.42 Å². The highest BCUT2D eigenvalue weighted by atomic mass is 16.5. The Labute approximate surface area is 89.0 Å². The molecule has 0 saturated heterocycles. The van der Waals surface area contributed by atoms with Crippen LogP contribution < -0.4 is 0 Å². The lowest BCUT2D eigenvalue weighted by molar-refractivity contribution is -0.0125. The van der Waals surface area contributed by atoms with Crippen molar-refractivity contribution in [1.82, 2.24) is 0 Å². The number of rotatable bonds is 7. The zero-order valence-corrected chi connectivity index (χ0v) is 10.6. The van der Waals surface area contributed by atoms with Crippen molar-refractivity contribution in [3.8, 4) is 0 Å². The van der Waals surface area contributed by atoms with Gasteiger partial charge in [0.2, 0.25) is 0 Å². The molecule has 0 aliphatic heterocycles. The molecule has 0 N–H and O–H groups in total. The summed E-state index contributed by atoms with van der Waals surface area (Å²) in [4.78, 5) is 0. The lowest BCUT2D eigenvalue weighted by Crippen LogP contribution is -2.37. The van der Waals surface area contributed by atoms with Gasteiger partial charge in [0, 0.05) is 20.1 Å². The van der Waals surface area contributed by atoms with Crippen LogP contribution in [0.3, 0.4) is 0 Å². The van der Waals surface area contributed by atoms with Crippen molar-refractivity contribution in [2.75, 3.05) is 27.4 Å². The van der Waals surface area contributed by atoms with Crippen LogP contribution in [0.1, 0.15) is 34.1 Å². The van der Waals surface area contributed by atoms with E-state index in [4.69, 9.17) is 9.47 Å². The van der Waals surface area contributed by atoms with Crippen LogP contribution in [0.4, 0.5) is 0 Å². The van der Waals surface area contributed by atoms with Gasteiger partial charge in [-0.1, -0.05) is 34.1 Å². The van der Waals surface area contributed by atoms with Gasteiger partial charge in [0.25, 0.3) is 0 Å². The molecule has 0 saturated carbocycles. The summed E-state index contributed by atoms with van der Waals surface area (Å²) in [5.41, 5.74) is 0.312. The van der Waals surface area contributed by atoms with E-state index in [1.54, 1.807) is 14.2 Å². The Morgan fingerprint density at radius 1 is 1.07 bits per heavy atom. The van der Waals surface area contributed by atoms with E-state index < -0.39 is 0 Å². The average Bonchev–Trinajstić information content (AvgIpc) is 2.16. The molecule has 86 valence electrons. The Balaban J connectivity index is 4.55. The normalized spacial score (nSPS) is 16.3. The van der Waals surface area contributed by atoms with Gasteiger partial charge in [-0.2, -0.15) is 0 Å². The Hall–Kier alpha value is -0.0800.